The summed E-state index contributed by atoms with van der Waals surface area (Å²) in [5.41, 5.74) is 1.86. The quantitative estimate of drug-likeness (QED) is 0.824. The van der Waals surface area contributed by atoms with Gasteiger partial charge in [-0.25, -0.2) is 0 Å². The molecule has 0 aromatic heterocycles. The van der Waals surface area contributed by atoms with Crippen LogP contribution in [0.5, 0.6) is 5.75 Å². The van der Waals surface area contributed by atoms with Gasteiger partial charge in [-0.3, -0.25) is 4.79 Å². The molecule has 0 radical (unpaired) electrons. The normalized spacial score (nSPS) is 9.80. The monoisotopic (exact) mass is 207 g/mol. The molecule has 1 aromatic rings. The van der Waals surface area contributed by atoms with Gasteiger partial charge in [0.2, 0.25) is 5.91 Å². The third-order valence-corrected chi connectivity index (χ3v) is 2.03. The van der Waals surface area contributed by atoms with Crippen molar-refractivity contribution >= 4 is 11.6 Å². The van der Waals surface area contributed by atoms with Crippen LogP contribution in [0, 0.1) is 6.92 Å². The summed E-state index contributed by atoms with van der Waals surface area (Å²) in [5, 5.41) is 2.81. The number of amides is 1. The highest BCUT2D eigenvalue weighted by Gasteiger charge is 2.06. The predicted molar refractivity (Wildman–Crippen MR) is 61.3 cm³/mol. The minimum atomic E-state index is -0.000180. The van der Waals surface area contributed by atoms with Crippen LogP contribution < -0.4 is 10.1 Å². The Labute approximate surface area is 90.4 Å². The summed E-state index contributed by atoms with van der Waals surface area (Å²) < 4.78 is 5.45. The Morgan fingerprint density at radius 1 is 1.40 bits per heavy atom. The average molecular weight is 207 g/mol. The van der Waals surface area contributed by atoms with Gasteiger partial charge in [0, 0.05) is 6.42 Å². The van der Waals surface area contributed by atoms with Gasteiger partial charge in [-0.15, -0.1) is 0 Å². The first-order valence-electron chi connectivity index (χ1n) is 5.20. The maximum absolute atomic E-state index is 11.3. The van der Waals surface area contributed by atoms with Gasteiger partial charge in [-0.1, -0.05) is 13.0 Å². The summed E-state index contributed by atoms with van der Waals surface area (Å²) in [7, 11) is 0. The van der Waals surface area contributed by atoms with Gasteiger partial charge in [0.25, 0.3) is 0 Å². The number of ether oxygens (including phenoxy) is 1. The number of benzene rings is 1. The van der Waals surface area contributed by atoms with Crippen LogP contribution in [-0.4, -0.2) is 12.5 Å². The van der Waals surface area contributed by atoms with Gasteiger partial charge >= 0.3 is 0 Å². The third-order valence-electron chi connectivity index (χ3n) is 2.03. The van der Waals surface area contributed by atoms with E-state index < -0.39 is 0 Å². The van der Waals surface area contributed by atoms with Gasteiger partial charge in [0.1, 0.15) is 5.75 Å². The molecule has 0 unspecified atom stereocenters. The van der Waals surface area contributed by atoms with Crippen molar-refractivity contribution in [3.05, 3.63) is 23.8 Å². The second-order valence-electron chi connectivity index (χ2n) is 3.33. The molecule has 0 atom stereocenters. The summed E-state index contributed by atoms with van der Waals surface area (Å²) >= 11 is 0. The molecule has 82 valence electrons. The lowest BCUT2D eigenvalue weighted by atomic mass is 10.2. The van der Waals surface area contributed by atoms with Crippen LogP contribution in [-0.2, 0) is 4.79 Å². The first kappa shape index (κ1) is 11.6. The highest BCUT2D eigenvalue weighted by molar-refractivity contribution is 5.92. The second kappa shape index (κ2) is 5.39. The molecule has 0 saturated heterocycles. The number of carbonyl (C=O) groups is 1. The van der Waals surface area contributed by atoms with Crippen molar-refractivity contribution in [2.24, 2.45) is 0 Å². The van der Waals surface area contributed by atoms with Gasteiger partial charge < -0.3 is 10.1 Å². The zero-order valence-electron chi connectivity index (χ0n) is 9.46. The molecule has 3 nitrogen and oxygen atoms in total. The topological polar surface area (TPSA) is 38.3 Å². The SMILES string of the molecule is CCOc1cc(C)ccc1NC(=O)CC. The van der Waals surface area contributed by atoms with E-state index in [1.165, 1.54) is 0 Å². The Morgan fingerprint density at radius 3 is 2.73 bits per heavy atom. The minimum absolute atomic E-state index is 0.000180. The largest absolute Gasteiger partial charge is 0.492 e. The Morgan fingerprint density at radius 2 is 2.13 bits per heavy atom. The molecule has 0 fully saturated rings. The lowest BCUT2D eigenvalue weighted by Gasteiger charge is -2.11. The standard InChI is InChI=1S/C12H17NO2/c1-4-12(14)13-10-7-6-9(3)8-11(10)15-5-2/h6-8H,4-5H2,1-3H3,(H,13,14). The van der Waals surface area contributed by atoms with Crippen LogP contribution in [0.15, 0.2) is 18.2 Å². The first-order chi connectivity index (χ1) is 7.17. The molecule has 1 aromatic carbocycles. The number of nitrogens with one attached hydrogen (secondary N) is 1. The second-order valence-corrected chi connectivity index (χ2v) is 3.33. The summed E-state index contributed by atoms with van der Waals surface area (Å²) in [4.78, 5) is 11.3. The molecular formula is C12H17NO2. The molecular weight excluding hydrogens is 190 g/mol. The molecule has 0 aliphatic heterocycles. The minimum Gasteiger partial charge on any atom is -0.492 e. The molecule has 0 heterocycles. The summed E-state index contributed by atoms with van der Waals surface area (Å²) in [6.07, 6.45) is 0.472. The maximum Gasteiger partial charge on any atom is 0.224 e. The predicted octanol–water partition coefficient (Wildman–Crippen LogP) is 2.74. The van der Waals surface area contributed by atoms with E-state index in [1.54, 1.807) is 0 Å². The Hall–Kier alpha value is -1.51. The van der Waals surface area contributed by atoms with E-state index in [4.69, 9.17) is 4.74 Å². The van der Waals surface area contributed by atoms with E-state index in [9.17, 15) is 4.79 Å². The van der Waals surface area contributed by atoms with Crippen molar-refractivity contribution in [2.75, 3.05) is 11.9 Å². The molecule has 1 rings (SSSR count). The molecule has 0 spiro atoms. The molecule has 15 heavy (non-hydrogen) atoms. The molecule has 0 aliphatic rings. The lowest BCUT2D eigenvalue weighted by Crippen LogP contribution is -2.10. The fourth-order valence-electron chi connectivity index (χ4n) is 1.25. The zero-order valence-corrected chi connectivity index (χ0v) is 9.46. The van der Waals surface area contributed by atoms with E-state index in [0.29, 0.717) is 13.0 Å². The number of aryl methyl sites for hydroxylation is 1. The van der Waals surface area contributed by atoms with Gasteiger partial charge in [0.15, 0.2) is 0 Å². The summed E-state index contributed by atoms with van der Waals surface area (Å²) in [6.45, 7) is 6.34. The number of hydrogen-bond donors (Lipinski definition) is 1. The van der Waals surface area contributed by atoms with Gasteiger partial charge in [-0.2, -0.15) is 0 Å². The van der Waals surface area contributed by atoms with Gasteiger partial charge in [-0.05, 0) is 31.5 Å². The first-order valence-corrected chi connectivity index (χ1v) is 5.20. The Bertz CT molecular complexity index is 347. The summed E-state index contributed by atoms with van der Waals surface area (Å²) in [6, 6.07) is 5.75. The Balaban J connectivity index is 2.89. The highest BCUT2D eigenvalue weighted by atomic mass is 16.5. The Kier molecular flexibility index (Phi) is 4.16. The van der Waals surface area contributed by atoms with Crippen LogP contribution >= 0.6 is 0 Å². The van der Waals surface area contributed by atoms with Crippen molar-refractivity contribution in [1.82, 2.24) is 0 Å². The van der Waals surface area contributed by atoms with Crippen LogP contribution in [0.4, 0.5) is 5.69 Å². The smallest absolute Gasteiger partial charge is 0.224 e. The molecule has 0 saturated carbocycles. The van der Waals surface area contributed by atoms with E-state index >= 15 is 0 Å². The van der Waals surface area contributed by atoms with E-state index in [0.717, 1.165) is 17.0 Å². The van der Waals surface area contributed by atoms with Crippen molar-refractivity contribution in [3.8, 4) is 5.75 Å². The van der Waals surface area contributed by atoms with Crippen LogP contribution in [0.25, 0.3) is 0 Å². The average Bonchev–Trinajstić information content (AvgIpc) is 2.22. The van der Waals surface area contributed by atoms with Crippen molar-refractivity contribution < 1.29 is 9.53 Å². The molecule has 0 bridgehead atoms. The third kappa shape index (κ3) is 3.27. The molecule has 3 heteroatoms. The van der Waals surface area contributed by atoms with Gasteiger partial charge in [0.05, 0.1) is 12.3 Å². The molecule has 1 amide bonds. The lowest BCUT2D eigenvalue weighted by molar-refractivity contribution is -0.115. The number of carbonyl (C=O) groups excluding carboxylic acids is 1. The van der Waals surface area contributed by atoms with E-state index in [2.05, 4.69) is 5.32 Å². The van der Waals surface area contributed by atoms with Crippen molar-refractivity contribution in [3.63, 3.8) is 0 Å². The summed E-state index contributed by atoms with van der Waals surface area (Å²) in [5.74, 6) is 0.735. The van der Waals surface area contributed by atoms with Crippen molar-refractivity contribution in [2.45, 2.75) is 27.2 Å². The molecule has 1 N–H and O–H groups in total. The van der Waals surface area contributed by atoms with E-state index in [-0.39, 0.29) is 5.91 Å². The molecule has 0 aliphatic carbocycles. The van der Waals surface area contributed by atoms with Crippen LogP contribution in [0.3, 0.4) is 0 Å². The number of rotatable bonds is 4. The fraction of sp³-hybridized carbons (Fsp3) is 0.417. The van der Waals surface area contributed by atoms with Crippen LogP contribution in [0.2, 0.25) is 0 Å². The number of hydrogen-bond acceptors (Lipinski definition) is 2. The highest BCUT2D eigenvalue weighted by Crippen LogP contribution is 2.25. The van der Waals surface area contributed by atoms with Crippen molar-refractivity contribution in [1.29, 1.82) is 0 Å². The fourth-order valence-corrected chi connectivity index (χ4v) is 1.25. The van der Waals surface area contributed by atoms with Crippen LogP contribution in [0.1, 0.15) is 25.8 Å². The number of anilines is 1. The van der Waals surface area contributed by atoms with E-state index in [1.807, 2.05) is 39.0 Å². The maximum atomic E-state index is 11.3. The zero-order chi connectivity index (χ0) is 11.3.